The van der Waals surface area contributed by atoms with Crippen molar-refractivity contribution in [1.29, 1.82) is 0 Å². The minimum absolute atomic E-state index is 0.564. The fourth-order valence-electron chi connectivity index (χ4n) is 2.02. The van der Waals surface area contributed by atoms with Crippen molar-refractivity contribution in [3.63, 3.8) is 0 Å². The third kappa shape index (κ3) is 2.82. The smallest absolute Gasteiger partial charge is 0.0718 e. The Kier molecular flexibility index (Phi) is 4.34. The first kappa shape index (κ1) is 12.3. The molecule has 0 spiro atoms. The second-order valence-electron chi connectivity index (χ2n) is 4.66. The molecule has 0 atom stereocenters. The first-order chi connectivity index (χ1) is 7.07. The Morgan fingerprint density at radius 2 is 1.47 bits per heavy atom. The summed E-state index contributed by atoms with van der Waals surface area (Å²) < 4.78 is 5.31. The largest absolute Gasteiger partial charge is 0.380 e. The van der Waals surface area contributed by atoms with E-state index in [1.807, 2.05) is 0 Å². The SMILES string of the molecule is COCc1c(C(C)C)cccc1C(C)C. The van der Waals surface area contributed by atoms with Gasteiger partial charge in [-0.1, -0.05) is 45.9 Å². The average Bonchev–Trinajstić information content (AvgIpc) is 2.17. The highest BCUT2D eigenvalue weighted by Crippen LogP contribution is 2.27. The minimum atomic E-state index is 0.564. The van der Waals surface area contributed by atoms with Crippen LogP contribution in [0.2, 0.25) is 0 Å². The maximum atomic E-state index is 5.31. The van der Waals surface area contributed by atoms with Gasteiger partial charge in [0.05, 0.1) is 6.61 Å². The van der Waals surface area contributed by atoms with Crippen LogP contribution in [0.25, 0.3) is 0 Å². The van der Waals surface area contributed by atoms with Crippen LogP contribution >= 0.6 is 0 Å². The molecule has 84 valence electrons. The minimum Gasteiger partial charge on any atom is -0.380 e. The maximum Gasteiger partial charge on any atom is 0.0718 e. The Balaban J connectivity index is 3.21. The van der Waals surface area contributed by atoms with Gasteiger partial charge in [0.1, 0.15) is 0 Å². The average molecular weight is 206 g/mol. The molecule has 0 saturated heterocycles. The van der Waals surface area contributed by atoms with Crippen LogP contribution in [0.15, 0.2) is 18.2 Å². The summed E-state index contributed by atoms with van der Waals surface area (Å²) in [5.74, 6) is 1.13. The first-order valence-electron chi connectivity index (χ1n) is 5.68. The Hall–Kier alpha value is -0.820. The van der Waals surface area contributed by atoms with Gasteiger partial charge in [-0.2, -0.15) is 0 Å². The maximum absolute atomic E-state index is 5.31. The van der Waals surface area contributed by atoms with Crippen LogP contribution in [0.1, 0.15) is 56.2 Å². The lowest BCUT2D eigenvalue weighted by Crippen LogP contribution is -2.04. The summed E-state index contributed by atoms with van der Waals surface area (Å²) in [6, 6.07) is 6.58. The van der Waals surface area contributed by atoms with E-state index >= 15 is 0 Å². The molecule has 0 radical (unpaired) electrons. The summed E-state index contributed by atoms with van der Waals surface area (Å²) in [5.41, 5.74) is 4.22. The van der Waals surface area contributed by atoms with Crippen LogP contribution in [-0.4, -0.2) is 7.11 Å². The molecule has 0 bridgehead atoms. The van der Waals surface area contributed by atoms with Crippen LogP contribution in [-0.2, 0) is 11.3 Å². The molecule has 0 fully saturated rings. The van der Waals surface area contributed by atoms with E-state index in [0.29, 0.717) is 11.8 Å². The zero-order chi connectivity index (χ0) is 11.4. The lowest BCUT2D eigenvalue weighted by atomic mass is 9.89. The van der Waals surface area contributed by atoms with Crippen LogP contribution in [0.3, 0.4) is 0 Å². The van der Waals surface area contributed by atoms with Crippen molar-refractivity contribution in [2.75, 3.05) is 7.11 Å². The molecule has 0 amide bonds. The highest BCUT2D eigenvalue weighted by atomic mass is 16.5. The van der Waals surface area contributed by atoms with Crippen molar-refractivity contribution in [1.82, 2.24) is 0 Å². The number of methoxy groups -OCH3 is 1. The molecule has 1 nitrogen and oxygen atoms in total. The van der Waals surface area contributed by atoms with E-state index in [9.17, 15) is 0 Å². The van der Waals surface area contributed by atoms with E-state index in [1.54, 1.807) is 7.11 Å². The summed E-state index contributed by atoms with van der Waals surface area (Å²) in [6.07, 6.45) is 0. The van der Waals surface area contributed by atoms with Crippen molar-refractivity contribution in [2.24, 2.45) is 0 Å². The Morgan fingerprint density at radius 3 is 1.80 bits per heavy atom. The lowest BCUT2D eigenvalue weighted by molar-refractivity contribution is 0.183. The fourth-order valence-corrected chi connectivity index (χ4v) is 2.02. The van der Waals surface area contributed by atoms with Crippen LogP contribution in [0.5, 0.6) is 0 Å². The summed E-state index contributed by atoms with van der Waals surface area (Å²) in [4.78, 5) is 0. The third-order valence-corrected chi connectivity index (χ3v) is 2.78. The second kappa shape index (κ2) is 5.32. The summed E-state index contributed by atoms with van der Waals surface area (Å²) in [6.45, 7) is 9.66. The number of hydrogen-bond acceptors (Lipinski definition) is 1. The van der Waals surface area contributed by atoms with Crippen molar-refractivity contribution in [3.8, 4) is 0 Å². The number of rotatable bonds is 4. The summed E-state index contributed by atoms with van der Waals surface area (Å²) in [7, 11) is 1.77. The van der Waals surface area contributed by atoms with E-state index in [-0.39, 0.29) is 0 Å². The van der Waals surface area contributed by atoms with E-state index in [4.69, 9.17) is 4.74 Å². The van der Waals surface area contributed by atoms with Gasteiger partial charge in [-0.25, -0.2) is 0 Å². The van der Waals surface area contributed by atoms with E-state index in [0.717, 1.165) is 6.61 Å². The van der Waals surface area contributed by atoms with Gasteiger partial charge < -0.3 is 4.74 Å². The molecule has 0 unspecified atom stereocenters. The van der Waals surface area contributed by atoms with Crippen molar-refractivity contribution in [2.45, 2.75) is 46.1 Å². The van der Waals surface area contributed by atoms with E-state index in [2.05, 4.69) is 45.9 Å². The van der Waals surface area contributed by atoms with E-state index in [1.165, 1.54) is 16.7 Å². The predicted octanol–water partition coefficient (Wildman–Crippen LogP) is 4.08. The standard InChI is InChI=1S/C14H22O/c1-10(2)12-7-6-8-13(11(3)4)14(12)9-15-5/h6-8,10-11H,9H2,1-5H3. The third-order valence-electron chi connectivity index (χ3n) is 2.78. The molecular weight excluding hydrogens is 184 g/mol. The Bertz CT molecular complexity index is 287. The van der Waals surface area contributed by atoms with Gasteiger partial charge in [-0.15, -0.1) is 0 Å². The zero-order valence-electron chi connectivity index (χ0n) is 10.5. The van der Waals surface area contributed by atoms with Crippen LogP contribution in [0, 0.1) is 0 Å². The molecule has 0 heterocycles. The number of ether oxygens (including phenoxy) is 1. The predicted molar refractivity (Wildman–Crippen MR) is 65.3 cm³/mol. The van der Waals surface area contributed by atoms with Gasteiger partial charge in [0.2, 0.25) is 0 Å². The zero-order valence-corrected chi connectivity index (χ0v) is 10.5. The first-order valence-corrected chi connectivity index (χ1v) is 5.68. The molecule has 1 heteroatoms. The quantitative estimate of drug-likeness (QED) is 0.721. The van der Waals surface area contributed by atoms with Gasteiger partial charge in [0.25, 0.3) is 0 Å². The van der Waals surface area contributed by atoms with Crippen LogP contribution < -0.4 is 0 Å². The van der Waals surface area contributed by atoms with Crippen molar-refractivity contribution < 1.29 is 4.74 Å². The highest BCUT2D eigenvalue weighted by molar-refractivity contribution is 5.38. The molecule has 1 rings (SSSR count). The van der Waals surface area contributed by atoms with Gasteiger partial charge in [0.15, 0.2) is 0 Å². The van der Waals surface area contributed by atoms with Gasteiger partial charge in [-0.05, 0) is 28.5 Å². The molecular formula is C14H22O. The molecule has 15 heavy (non-hydrogen) atoms. The fraction of sp³-hybridized carbons (Fsp3) is 0.571. The molecule has 1 aromatic rings. The molecule has 0 aliphatic heterocycles. The van der Waals surface area contributed by atoms with Gasteiger partial charge in [0, 0.05) is 7.11 Å². The molecule has 0 N–H and O–H groups in total. The van der Waals surface area contributed by atoms with Gasteiger partial charge >= 0.3 is 0 Å². The van der Waals surface area contributed by atoms with Crippen molar-refractivity contribution >= 4 is 0 Å². The van der Waals surface area contributed by atoms with Crippen LogP contribution in [0.4, 0.5) is 0 Å². The summed E-state index contributed by atoms with van der Waals surface area (Å²) >= 11 is 0. The Morgan fingerprint density at radius 1 is 1.00 bits per heavy atom. The molecule has 0 saturated carbocycles. The number of benzene rings is 1. The topological polar surface area (TPSA) is 9.23 Å². The normalized spacial score (nSPS) is 11.4. The monoisotopic (exact) mass is 206 g/mol. The molecule has 0 aromatic heterocycles. The molecule has 0 aliphatic rings. The van der Waals surface area contributed by atoms with E-state index < -0.39 is 0 Å². The summed E-state index contributed by atoms with van der Waals surface area (Å²) in [5, 5.41) is 0. The van der Waals surface area contributed by atoms with Crippen molar-refractivity contribution in [3.05, 3.63) is 34.9 Å². The lowest BCUT2D eigenvalue weighted by Gasteiger charge is -2.18. The molecule has 1 aromatic carbocycles. The Labute approximate surface area is 93.5 Å². The molecule has 0 aliphatic carbocycles. The second-order valence-corrected chi connectivity index (χ2v) is 4.66. The number of hydrogen-bond donors (Lipinski definition) is 0. The highest BCUT2D eigenvalue weighted by Gasteiger charge is 2.12. The van der Waals surface area contributed by atoms with Gasteiger partial charge in [-0.3, -0.25) is 0 Å².